The van der Waals surface area contributed by atoms with E-state index in [2.05, 4.69) is 34.5 Å². The number of halogens is 1. The highest BCUT2D eigenvalue weighted by Crippen LogP contribution is 2.44. The van der Waals surface area contributed by atoms with Crippen molar-refractivity contribution in [1.29, 1.82) is 0 Å². The van der Waals surface area contributed by atoms with Gasteiger partial charge in [-0.15, -0.1) is 12.4 Å². The Balaban J connectivity index is 0.00000256. The zero-order valence-electron chi connectivity index (χ0n) is 16.9. The number of aliphatic carboxylic acids is 1. The average molecular weight is 431 g/mol. The highest BCUT2D eigenvalue weighted by atomic mass is 35.5. The minimum Gasteiger partial charge on any atom is -0.480 e. The Bertz CT molecular complexity index is 866. The molecule has 1 aliphatic carbocycles. The maximum atomic E-state index is 12.4. The lowest BCUT2D eigenvalue weighted by molar-refractivity contribution is -0.141. The number of fused-ring (bicyclic) bond motifs is 3. The zero-order valence-corrected chi connectivity index (χ0v) is 17.7. The molecule has 1 aliphatic heterocycles. The van der Waals surface area contributed by atoms with Crippen LogP contribution in [0.25, 0.3) is 11.1 Å². The predicted molar refractivity (Wildman–Crippen MR) is 117 cm³/mol. The van der Waals surface area contributed by atoms with Gasteiger partial charge in [-0.2, -0.15) is 0 Å². The summed E-state index contributed by atoms with van der Waals surface area (Å²) in [6.45, 7) is 1.85. The Kier molecular flexibility index (Phi) is 7.00. The zero-order chi connectivity index (χ0) is 20.4. The number of benzene rings is 2. The quantitative estimate of drug-likeness (QED) is 0.755. The van der Waals surface area contributed by atoms with Gasteiger partial charge in [0.05, 0.1) is 0 Å². The summed E-state index contributed by atoms with van der Waals surface area (Å²) in [7, 11) is 2.02. The van der Waals surface area contributed by atoms with E-state index < -0.39 is 18.1 Å². The van der Waals surface area contributed by atoms with Crippen molar-refractivity contribution in [3.63, 3.8) is 0 Å². The van der Waals surface area contributed by atoms with Gasteiger partial charge in [-0.3, -0.25) is 0 Å². The van der Waals surface area contributed by atoms with Crippen molar-refractivity contribution in [1.82, 2.24) is 10.2 Å². The molecule has 0 unspecified atom stereocenters. The van der Waals surface area contributed by atoms with E-state index in [0.29, 0.717) is 0 Å². The van der Waals surface area contributed by atoms with Crippen molar-refractivity contribution in [2.45, 2.75) is 24.8 Å². The molecule has 0 spiro atoms. The topological polar surface area (TPSA) is 78.9 Å². The second kappa shape index (κ2) is 9.49. The molecule has 0 radical (unpaired) electrons. The number of likely N-dealkylation sites (tertiary alicyclic amines) is 1. The molecule has 6 nitrogen and oxygen atoms in total. The SMILES string of the molecule is CN1CCC([C@H](NC(=O)OCC2c3ccccc3-c3ccccc32)C(=O)O)CC1.Cl. The first-order valence-corrected chi connectivity index (χ1v) is 10.1. The molecular formula is C23H27ClN2O4. The molecule has 2 aliphatic rings. The van der Waals surface area contributed by atoms with Crippen LogP contribution in [0.1, 0.15) is 29.9 Å². The van der Waals surface area contributed by atoms with Crippen LogP contribution in [0.3, 0.4) is 0 Å². The van der Waals surface area contributed by atoms with E-state index in [4.69, 9.17) is 4.74 Å². The van der Waals surface area contributed by atoms with Gasteiger partial charge in [-0.05, 0) is 61.2 Å². The molecule has 160 valence electrons. The Morgan fingerprint density at radius 1 is 1.07 bits per heavy atom. The number of alkyl carbamates (subject to hydrolysis) is 1. The number of piperidine rings is 1. The van der Waals surface area contributed by atoms with Crippen molar-refractivity contribution in [2.75, 3.05) is 26.7 Å². The molecular weight excluding hydrogens is 404 g/mol. The lowest BCUT2D eigenvalue weighted by atomic mass is 9.89. The summed E-state index contributed by atoms with van der Waals surface area (Å²) < 4.78 is 5.51. The van der Waals surface area contributed by atoms with Gasteiger partial charge in [0.1, 0.15) is 12.6 Å². The normalized spacial score (nSPS) is 17.4. The molecule has 2 aromatic carbocycles. The van der Waals surface area contributed by atoms with Gasteiger partial charge in [0.15, 0.2) is 0 Å². The number of hydrogen-bond acceptors (Lipinski definition) is 4. The molecule has 30 heavy (non-hydrogen) atoms. The van der Waals surface area contributed by atoms with E-state index in [9.17, 15) is 14.7 Å². The van der Waals surface area contributed by atoms with E-state index >= 15 is 0 Å². The molecule has 2 N–H and O–H groups in total. The smallest absolute Gasteiger partial charge is 0.407 e. The second-order valence-corrected chi connectivity index (χ2v) is 7.93. The van der Waals surface area contributed by atoms with Crippen molar-refractivity contribution in [2.24, 2.45) is 5.92 Å². The predicted octanol–water partition coefficient (Wildman–Crippen LogP) is 3.74. The summed E-state index contributed by atoms with van der Waals surface area (Å²) in [6.07, 6.45) is 0.826. The van der Waals surface area contributed by atoms with Gasteiger partial charge in [-0.1, -0.05) is 48.5 Å². The van der Waals surface area contributed by atoms with Crippen LogP contribution >= 0.6 is 12.4 Å². The van der Waals surface area contributed by atoms with E-state index in [1.807, 2.05) is 31.3 Å². The van der Waals surface area contributed by atoms with Crippen molar-refractivity contribution in [3.8, 4) is 11.1 Å². The number of nitrogens with zero attached hydrogens (tertiary/aromatic N) is 1. The fraction of sp³-hybridized carbons (Fsp3) is 0.391. The van der Waals surface area contributed by atoms with Crippen molar-refractivity contribution >= 4 is 24.5 Å². The lowest BCUT2D eigenvalue weighted by Crippen LogP contribution is -2.49. The number of amides is 1. The van der Waals surface area contributed by atoms with Gasteiger partial charge in [0.25, 0.3) is 0 Å². The van der Waals surface area contributed by atoms with Crippen molar-refractivity contribution in [3.05, 3.63) is 59.7 Å². The fourth-order valence-electron chi connectivity index (χ4n) is 4.51. The molecule has 0 aromatic heterocycles. The third-order valence-corrected chi connectivity index (χ3v) is 6.12. The van der Waals surface area contributed by atoms with E-state index in [1.165, 1.54) is 0 Å². The molecule has 0 saturated carbocycles. The summed E-state index contributed by atoms with van der Waals surface area (Å²) >= 11 is 0. The van der Waals surface area contributed by atoms with Crippen LogP contribution in [0.5, 0.6) is 0 Å². The largest absolute Gasteiger partial charge is 0.480 e. The van der Waals surface area contributed by atoms with Crippen LogP contribution in [0.2, 0.25) is 0 Å². The summed E-state index contributed by atoms with van der Waals surface area (Å²) in [5, 5.41) is 12.2. The number of rotatable bonds is 5. The van der Waals surface area contributed by atoms with E-state index in [-0.39, 0.29) is 30.8 Å². The molecule has 1 fully saturated rings. The summed E-state index contributed by atoms with van der Waals surface area (Å²) in [6, 6.07) is 15.3. The van der Waals surface area contributed by atoms with Crippen LogP contribution < -0.4 is 5.32 Å². The monoisotopic (exact) mass is 430 g/mol. The highest BCUT2D eigenvalue weighted by Gasteiger charge is 2.33. The number of ether oxygens (including phenoxy) is 1. The molecule has 1 saturated heterocycles. The number of nitrogens with one attached hydrogen (secondary N) is 1. The Hall–Kier alpha value is -2.57. The average Bonchev–Trinajstić information content (AvgIpc) is 3.05. The molecule has 1 amide bonds. The highest BCUT2D eigenvalue weighted by molar-refractivity contribution is 5.85. The van der Waals surface area contributed by atoms with Gasteiger partial charge >= 0.3 is 12.1 Å². The Labute approximate surface area is 182 Å². The summed E-state index contributed by atoms with van der Waals surface area (Å²) in [4.78, 5) is 26.3. The molecule has 0 bridgehead atoms. The molecule has 1 heterocycles. The number of hydrogen-bond donors (Lipinski definition) is 2. The maximum absolute atomic E-state index is 12.4. The van der Waals surface area contributed by atoms with Crippen LogP contribution in [-0.2, 0) is 9.53 Å². The van der Waals surface area contributed by atoms with Crippen LogP contribution in [-0.4, -0.2) is 54.9 Å². The van der Waals surface area contributed by atoms with Crippen LogP contribution in [0.15, 0.2) is 48.5 Å². The standard InChI is InChI=1S/C23H26N2O4.ClH/c1-25-12-10-15(11-13-25)21(22(26)27)24-23(28)29-14-20-18-8-4-2-6-16(18)17-7-3-5-9-19(17)20;/h2-9,15,20-21H,10-14H2,1H3,(H,24,28)(H,26,27);1H/t21-;/m0./s1. The van der Waals surface area contributed by atoms with Gasteiger partial charge in [0, 0.05) is 5.92 Å². The van der Waals surface area contributed by atoms with Gasteiger partial charge in [0.2, 0.25) is 0 Å². The van der Waals surface area contributed by atoms with E-state index in [0.717, 1.165) is 48.2 Å². The number of carbonyl (C=O) groups excluding carboxylic acids is 1. The first-order valence-electron chi connectivity index (χ1n) is 10.1. The molecule has 4 rings (SSSR count). The Morgan fingerprint density at radius 2 is 1.60 bits per heavy atom. The number of carboxylic acid groups (broad SMARTS) is 1. The lowest BCUT2D eigenvalue weighted by Gasteiger charge is -2.32. The summed E-state index contributed by atoms with van der Waals surface area (Å²) in [5.41, 5.74) is 4.58. The first-order chi connectivity index (χ1) is 14.0. The maximum Gasteiger partial charge on any atom is 0.407 e. The minimum atomic E-state index is -1.01. The molecule has 7 heteroatoms. The van der Waals surface area contributed by atoms with Gasteiger partial charge < -0.3 is 20.1 Å². The number of carbonyl (C=O) groups is 2. The summed E-state index contributed by atoms with van der Waals surface area (Å²) in [5.74, 6) is -1.13. The molecule has 1 atom stereocenters. The van der Waals surface area contributed by atoms with Crippen LogP contribution in [0, 0.1) is 5.92 Å². The third-order valence-electron chi connectivity index (χ3n) is 6.12. The van der Waals surface area contributed by atoms with Gasteiger partial charge in [-0.25, -0.2) is 9.59 Å². The molecule has 2 aromatic rings. The second-order valence-electron chi connectivity index (χ2n) is 7.93. The first kappa shape index (κ1) is 22.1. The Morgan fingerprint density at radius 3 is 2.13 bits per heavy atom. The third kappa shape index (κ3) is 4.45. The minimum absolute atomic E-state index is 0. The van der Waals surface area contributed by atoms with Crippen molar-refractivity contribution < 1.29 is 19.4 Å². The fourth-order valence-corrected chi connectivity index (χ4v) is 4.51. The van der Waals surface area contributed by atoms with Crippen LogP contribution in [0.4, 0.5) is 4.79 Å². The van der Waals surface area contributed by atoms with E-state index in [1.54, 1.807) is 0 Å². The number of carboxylic acids is 1.